The molecule has 0 radical (unpaired) electrons. The summed E-state index contributed by atoms with van der Waals surface area (Å²) in [4.78, 5) is 18.5. The SMILES string of the molecule is CC=CC(=O)N1CCCC(c2cc3cccnc3n2C)C1. The predicted octanol–water partition coefficient (Wildman–Crippen LogP) is 2.86. The zero-order chi connectivity index (χ0) is 14.8. The van der Waals surface area contributed by atoms with Gasteiger partial charge in [0, 0.05) is 43.3 Å². The number of carbonyl (C=O) groups is 1. The molecule has 4 nitrogen and oxygen atoms in total. The first-order valence-electron chi connectivity index (χ1n) is 7.52. The maximum absolute atomic E-state index is 12.1. The lowest BCUT2D eigenvalue weighted by Gasteiger charge is -2.32. The molecular formula is C17H21N3O. The fourth-order valence-electron chi connectivity index (χ4n) is 3.24. The number of hydrogen-bond acceptors (Lipinski definition) is 2. The van der Waals surface area contributed by atoms with E-state index in [2.05, 4.69) is 28.7 Å². The van der Waals surface area contributed by atoms with E-state index < -0.39 is 0 Å². The topological polar surface area (TPSA) is 38.1 Å². The first kappa shape index (κ1) is 13.9. The van der Waals surface area contributed by atoms with Crippen LogP contribution in [0.4, 0.5) is 0 Å². The number of fused-ring (bicyclic) bond motifs is 1. The first-order chi connectivity index (χ1) is 10.2. The van der Waals surface area contributed by atoms with E-state index in [1.807, 2.05) is 30.2 Å². The molecule has 0 saturated carbocycles. The first-order valence-corrected chi connectivity index (χ1v) is 7.52. The van der Waals surface area contributed by atoms with Gasteiger partial charge in [-0.2, -0.15) is 0 Å². The van der Waals surface area contributed by atoms with Crippen LogP contribution in [0, 0.1) is 0 Å². The highest BCUT2D eigenvalue weighted by atomic mass is 16.2. The molecule has 2 aromatic rings. The second-order valence-corrected chi connectivity index (χ2v) is 5.67. The number of carbonyl (C=O) groups excluding carboxylic acids is 1. The van der Waals surface area contributed by atoms with Crippen LogP contribution in [0.15, 0.2) is 36.5 Å². The van der Waals surface area contributed by atoms with Crippen molar-refractivity contribution >= 4 is 16.9 Å². The highest BCUT2D eigenvalue weighted by Crippen LogP contribution is 2.30. The standard InChI is InChI=1S/C17H21N3O/c1-3-6-16(21)20-10-5-8-14(12-20)15-11-13-7-4-9-18-17(13)19(15)2/h3-4,6-7,9,11,14H,5,8,10,12H2,1-2H3. The van der Waals surface area contributed by atoms with Crippen molar-refractivity contribution in [3.8, 4) is 0 Å². The molecule has 3 heterocycles. The number of likely N-dealkylation sites (tertiary alicyclic amines) is 1. The van der Waals surface area contributed by atoms with Crippen LogP contribution in [-0.4, -0.2) is 33.4 Å². The summed E-state index contributed by atoms with van der Waals surface area (Å²) in [6.45, 7) is 3.55. The molecule has 1 aliphatic heterocycles. The Balaban J connectivity index is 1.88. The number of nitrogens with zero attached hydrogens (tertiary/aromatic N) is 3. The second kappa shape index (κ2) is 5.72. The average molecular weight is 283 g/mol. The minimum absolute atomic E-state index is 0.124. The van der Waals surface area contributed by atoms with Gasteiger partial charge < -0.3 is 9.47 Å². The van der Waals surface area contributed by atoms with Crippen molar-refractivity contribution < 1.29 is 4.79 Å². The van der Waals surface area contributed by atoms with Crippen molar-refractivity contribution in [1.29, 1.82) is 0 Å². The average Bonchev–Trinajstić information content (AvgIpc) is 2.85. The van der Waals surface area contributed by atoms with Gasteiger partial charge in [0.1, 0.15) is 5.65 Å². The number of hydrogen-bond donors (Lipinski definition) is 0. The number of amides is 1. The molecule has 2 aromatic heterocycles. The summed E-state index contributed by atoms with van der Waals surface area (Å²) in [6.07, 6.45) is 7.49. The van der Waals surface area contributed by atoms with E-state index in [9.17, 15) is 4.79 Å². The molecule has 0 aliphatic carbocycles. The number of allylic oxidation sites excluding steroid dienone is 1. The summed E-state index contributed by atoms with van der Waals surface area (Å²) < 4.78 is 2.17. The van der Waals surface area contributed by atoms with Gasteiger partial charge in [-0.25, -0.2) is 4.98 Å². The molecule has 110 valence electrons. The summed E-state index contributed by atoms with van der Waals surface area (Å²) in [7, 11) is 2.07. The molecule has 1 saturated heterocycles. The van der Waals surface area contributed by atoms with Crippen molar-refractivity contribution in [1.82, 2.24) is 14.5 Å². The van der Waals surface area contributed by atoms with Gasteiger partial charge in [0.2, 0.25) is 5.91 Å². The van der Waals surface area contributed by atoms with E-state index in [-0.39, 0.29) is 5.91 Å². The number of aryl methyl sites for hydroxylation is 1. The Morgan fingerprint density at radius 3 is 3.10 bits per heavy atom. The summed E-state index contributed by atoms with van der Waals surface area (Å²) in [5.74, 6) is 0.520. The minimum atomic E-state index is 0.124. The van der Waals surface area contributed by atoms with Crippen LogP contribution >= 0.6 is 0 Å². The molecule has 1 fully saturated rings. The highest BCUT2D eigenvalue weighted by molar-refractivity contribution is 5.87. The van der Waals surface area contributed by atoms with E-state index in [0.29, 0.717) is 5.92 Å². The summed E-state index contributed by atoms with van der Waals surface area (Å²) in [5, 5.41) is 1.17. The molecule has 3 rings (SSSR count). The molecule has 1 amide bonds. The Bertz CT molecular complexity index is 686. The maximum Gasteiger partial charge on any atom is 0.246 e. The third-order valence-electron chi connectivity index (χ3n) is 4.29. The van der Waals surface area contributed by atoms with Crippen LogP contribution in [0.3, 0.4) is 0 Å². The van der Waals surface area contributed by atoms with Gasteiger partial charge in [-0.05, 0) is 44.0 Å². The van der Waals surface area contributed by atoms with Crippen LogP contribution in [0.1, 0.15) is 31.4 Å². The van der Waals surface area contributed by atoms with E-state index >= 15 is 0 Å². The van der Waals surface area contributed by atoms with Gasteiger partial charge in [-0.15, -0.1) is 0 Å². The Morgan fingerprint density at radius 2 is 2.33 bits per heavy atom. The third-order valence-corrected chi connectivity index (χ3v) is 4.29. The van der Waals surface area contributed by atoms with E-state index in [0.717, 1.165) is 31.6 Å². The number of rotatable bonds is 2. The Labute approximate surface area is 125 Å². The number of pyridine rings is 1. The molecule has 1 aliphatic rings. The molecule has 21 heavy (non-hydrogen) atoms. The van der Waals surface area contributed by atoms with E-state index in [4.69, 9.17) is 0 Å². The monoisotopic (exact) mass is 283 g/mol. The van der Waals surface area contributed by atoms with Gasteiger partial charge in [0.25, 0.3) is 0 Å². The molecule has 0 spiro atoms. The Morgan fingerprint density at radius 1 is 1.48 bits per heavy atom. The fraction of sp³-hybridized carbons (Fsp3) is 0.412. The van der Waals surface area contributed by atoms with Crippen molar-refractivity contribution in [2.45, 2.75) is 25.7 Å². The molecular weight excluding hydrogens is 262 g/mol. The number of piperidine rings is 1. The molecule has 0 bridgehead atoms. The second-order valence-electron chi connectivity index (χ2n) is 5.67. The predicted molar refractivity (Wildman–Crippen MR) is 84.1 cm³/mol. The van der Waals surface area contributed by atoms with Crippen LogP contribution in [0.5, 0.6) is 0 Å². The summed E-state index contributed by atoms with van der Waals surface area (Å²) in [5.41, 5.74) is 2.30. The lowest BCUT2D eigenvalue weighted by Crippen LogP contribution is -2.38. The van der Waals surface area contributed by atoms with Gasteiger partial charge in [-0.1, -0.05) is 6.08 Å². The fourth-order valence-corrected chi connectivity index (χ4v) is 3.24. The van der Waals surface area contributed by atoms with Crippen molar-refractivity contribution in [3.05, 3.63) is 42.2 Å². The van der Waals surface area contributed by atoms with Gasteiger partial charge >= 0.3 is 0 Å². The molecule has 1 atom stereocenters. The molecule has 4 heteroatoms. The van der Waals surface area contributed by atoms with E-state index in [1.54, 1.807) is 6.08 Å². The smallest absolute Gasteiger partial charge is 0.246 e. The lowest BCUT2D eigenvalue weighted by molar-refractivity contribution is -0.127. The minimum Gasteiger partial charge on any atom is -0.339 e. The summed E-state index contributed by atoms with van der Waals surface area (Å²) in [6, 6.07) is 6.28. The lowest BCUT2D eigenvalue weighted by atomic mass is 9.94. The Hall–Kier alpha value is -2.10. The quantitative estimate of drug-likeness (QED) is 0.795. The van der Waals surface area contributed by atoms with Crippen LogP contribution in [0.25, 0.3) is 11.0 Å². The van der Waals surface area contributed by atoms with E-state index in [1.165, 1.54) is 11.1 Å². The van der Waals surface area contributed by atoms with Crippen molar-refractivity contribution in [3.63, 3.8) is 0 Å². The highest BCUT2D eigenvalue weighted by Gasteiger charge is 2.26. The van der Waals surface area contributed by atoms with Crippen LogP contribution in [0.2, 0.25) is 0 Å². The summed E-state index contributed by atoms with van der Waals surface area (Å²) >= 11 is 0. The largest absolute Gasteiger partial charge is 0.339 e. The van der Waals surface area contributed by atoms with Gasteiger partial charge in [0.05, 0.1) is 0 Å². The molecule has 0 N–H and O–H groups in total. The Kier molecular flexibility index (Phi) is 3.78. The van der Waals surface area contributed by atoms with Crippen molar-refractivity contribution in [2.24, 2.45) is 7.05 Å². The third kappa shape index (κ3) is 2.58. The zero-order valence-corrected chi connectivity index (χ0v) is 12.6. The van der Waals surface area contributed by atoms with Gasteiger partial charge in [-0.3, -0.25) is 4.79 Å². The van der Waals surface area contributed by atoms with Crippen molar-refractivity contribution in [2.75, 3.05) is 13.1 Å². The molecule has 1 unspecified atom stereocenters. The van der Waals surface area contributed by atoms with Crippen LogP contribution in [-0.2, 0) is 11.8 Å². The normalized spacial score (nSPS) is 19.5. The molecule has 0 aromatic carbocycles. The van der Waals surface area contributed by atoms with Gasteiger partial charge in [0.15, 0.2) is 0 Å². The van der Waals surface area contributed by atoms with Crippen LogP contribution < -0.4 is 0 Å². The maximum atomic E-state index is 12.1. The zero-order valence-electron chi connectivity index (χ0n) is 12.6. The number of aromatic nitrogens is 2.